The van der Waals surface area contributed by atoms with Gasteiger partial charge in [0.05, 0.1) is 18.8 Å². The van der Waals surface area contributed by atoms with Gasteiger partial charge in [-0.15, -0.1) is 0 Å². The molecule has 1 heterocycles. The van der Waals surface area contributed by atoms with Crippen LogP contribution in [0.4, 0.5) is 5.82 Å². The first-order chi connectivity index (χ1) is 7.15. The Hall–Kier alpha value is -1.13. The Balaban J connectivity index is 2.82. The Morgan fingerprint density at radius 2 is 2.00 bits per heavy atom. The third-order valence-electron chi connectivity index (χ3n) is 2.56. The molecule has 1 aromatic rings. The van der Waals surface area contributed by atoms with Crippen molar-refractivity contribution < 1.29 is 10.2 Å². The Bertz CT molecular complexity index is 303. The van der Waals surface area contributed by atoms with Gasteiger partial charge in [0.2, 0.25) is 0 Å². The summed E-state index contributed by atoms with van der Waals surface area (Å²) < 4.78 is 0. The van der Waals surface area contributed by atoms with E-state index in [9.17, 15) is 10.2 Å². The first-order valence-corrected chi connectivity index (χ1v) is 5.09. The molecule has 15 heavy (non-hydrogen) atoms. The molecule has 0 fully saturated rings. The number of hydrogen-bond acceptors (Lipinski definition) is 4. The van der Waals surface area contributed by atoms with E-state index in [0.717, 1.165) is 5.69 Å². The Kier molecular flexibility index (Phi) is 4.05. The molecule has 0 aliphatic carbocycles. The summed E-state index contributed by atoms with van der Waals surface area (Å²) >= 11 is 0. The van der Waals surface area contributed by atoms with Crippen molar-refractivity contribution in [3.8, 4) is 0 Å². The number of aromatic nitrogens is 1. The summed E-state index contributed by atoms with van der Waals surface area (Å²) in [4.78, 5) is 4.27. The van der Waals surface area contributed by atoms with Crippen molar-refractivity contribution >= 4 is 5.82 Å². The lowest BCUT2D eigenvalue weighted by atomic mass is 9.98. The van der Waals surface area contributed by atoms with E-state index in [2.05, 4.69) is 10.3 Å². The van der Waals surface area contributed by atoms with Crippen LogP contribution in [0.1, 0.15) is 19.0 Å². The molecule has 1 rings (SSSR count). The Morgan fingerprint density at radius 1 is 1.33 bits per heavy atom. The molecule has 4 heteroatoms. The zero-order valence-electron chi connectivity index (χ0n) is 9.20. The normalized spacial score (nSPS) is 11.5. The highest BCUT2D eigenvalue weighted by atomic mass is 16.3. The van der Waals surface area contributed by atoms with Crippen LogP contribution in [0.3, 0.4) is 0 Å². The topological polar surface area (TPSA) is 65.4 Å². The van der Waals surface area contributed by atoms with E-state index in [1.165, 1.54) is 0 Å². The third-order valence-corrected chi connectivity index (χ3v) is 2.56. The highest BCUT2D eigenvalue weighted by Crippen LogP contribution is 2.16. The average molecular weight is 210 g/mol. The first kappa shape index (κ1) is 11.9. The number of rotatable bonds is 5. The van der Waals surface area contributed by atoms with E-state index in [1.54, 1.807) is 0 Å². The lowest BCUT2D eigenvalue weighted by Crippen LogP contribution is -2.45. The van der Waals surface area contributed by atoms with E-state index in [-0.39, 0.29) is 13.2 Å². The number of nitrogens with one attached hydrogen (secondary N) is 1. The Labute approximate surface area is 90.0 Å². The van der Waals surface area contributed by atoms with Gasteiger partial charge in [0.25, 0.3) is 0 Å². The standard InChI is InChI=1S/C11H18N2O2/c1-3-11(7-14,8-15)13-10-6-4-5-9(2)12-10/h4-6,14-15H,3,7-8H2,1-2H3,(H,12,13). The lowest BCUT2D eigenvalue weighted by Gasteiger charge is -2.30. The van der Waals surface area contributed by atoms with Gasteiger partial charge in [0, 0.05) is 5.69 Å². The molecule has 0 aliphatic rings. The fourth-order valence-electron chi connectivity index (χ4n) is 1.33. The van der Waals surface area contributed by atoms with Gasteiger partial charge in [0.1, 0.15) is 5.82 Å². The number of anilines is 1. The molecule has 4 nitrogen and oxygen atoms in total. The summed E-state index contributed by atoms with van der Waals surface area (Å²) in [6, 6.07) is 5.61. The lowest BCUT2D eigenvalue weighted by molar-refractivity contribution is 0.132. The highest BCUT2D eigenvalue weighted by molar-refractivity contribution is 5.38. The predicted octanol–water partition coefficient (Wildman–Crippen LogP) is 0.935. The van der Waals surface area contributed by atoms with E-state index in [4.69, 9.17) is 0 Å². The van der Waals surface area contributed by atoms with Crippen LogP contribution in [-0.2, 0) is 0 Å². The summed E-state index contributed by atoms with van der Waals surface area (Å²) in [5.74, 6) is 0.681. The minimum absolute atomic E-state index is 0.115. The molecule has 0 aromatic carbocycles. The summed E-state index contributed by atoms with van der Waals surface area (Å²) in [6.45, 7) is 3.58. The molecule has 0 aliphatic heterocycles. The van der Waals surface area contributed by atoms with E-state index >= 15 is 0 Å². The molecule has 1 aromatic heterocycles. The van der Waals surface area contributed by atoms with E-state index in [0.29, 0.717) is 12.2 Å². The Morgan fingerprint density at radius 3 is 2.47 bits per heavy atom. The van der Waals surface area contributed by atoms with Gasteiger partial charge in [-0.05, 0) is 25.5 Å². The van der Waals surface area contributed by atoms with Crippen LogP contribution in [0.25, 0.3) is 0 Å². The maximum atomic E-state index is 9.26. The fourth-order valence-corrected chi connectivity index (χ4v) is 1.33. The summed E-state index contributed by atoms with van der Waals surface area (Å²) in [7, 11) is 0. The summed E-state index contributed by atoms with van der Waals surface area (Å²) in [5, 5.41) is 21.6. The minimum Gasteiger partial charge on any atom is -0.394 e. The van der Waals surface area contributed by atoms with E-state index in [1.807, 2.05) is 32.0 Å². The third kappa shape index (κ3) is 2.91. The van der Waals surface area contributed by atoms with Gasteiger partial charge in [-0.1, -0.05) is 13.0 Å². The average Bonchev–Trinajstić information content (AvgIpc) is 2.26. The van der Waals surface area contributed by atoms with Crippen LogP contribution in [-0.4, -0.2) is 33.9 Å². The molecule has 0 spiro atoms. The van der Waals surface area contributed by atoms with Crippen molar-refractivity contribution in [2.75, 3.05) is 18.5 Å². The van der Waals surface area contributed by atoms with Crippen LogP contribution in [0, 0.1) is 6.92 Å². The fraction of sp³-hybridized carbons (Fsp3) is 0.545. The number of aliphatic hydroxyl groups excluding tert-OH is 2. The molecule has 84 valence electrons. The summed E-state index contributed by atoms with van der Waals surface area (Å²) in [5.41, 5.74) is 0.224. The SMILES string of the molecule is CCC(CO)(CO)Nc1cccc(C)n1. The number of pyridine rings is 1. The quantitative estimate of drug-likeness (QED) is 0.676. The maximum absolute atomic E-state index is 9.26. The van der Waals surface area contributed by atoms with Crippen LogP contribution in [0.2, 0.25) is 0 Å². The second kappa shape index (κ2) is 5.09. The molecule has 3 N–H and O–H groups in total. The minimum atomic E-state index is -0.680. The monoisotopic (exact) mass is 210 g/mol. The van der Waals surface area contributed by atoms with Gasteiger partial charge in [0.15, 0.2) is 0 Å². The van der Waals surface area contributed by atoms with Crippen LogP contribution in [0.15, 0.2) is 18.2 Å². The van der Waals surface area contributed by atoms with Gasteiger partial charge >= 0.3 is 0 Å². The second-order valence-electron chi connectivity index (χ2n) is 3.74. The zero-order chi connectivity index (χ0) is 11.3. The van der Waals surface area contributed by atoms with Crippen molar-refractivity contribution in [2.24, 2.45) is 0 Å². The zero-order valence-corrected chi connectivity index (χ0v) is 9.20. The van der Waals surface area contributed by atoms with Crippen molar-refractivity contribution in [3.05, 3.63) is 23.9 Å². The van der Waals surface area contributed by atoms with Crippen molar-refractivity contribution in [2.45, 2.75) is 25.8 Å². The first-order valence-electron chi connectivity index (χ1n) is 5.09. The van der Waals surface area contributed by atoms with Gasteiger partial charge in [-0.3, -0.25) is 0 Å². The van der Waals surface area contributed by atoms with Crippen molar-refractivity contribution in [1.82, 2.24) is 4.98 Å². The maximum Gasteiger partial charge on any atom is 0.126 e. The highest BCUT2D eigenvalue weighted by Gasteiger charge is 2.26. The van der Waals surface area contributed by atoms with Crippen LogP contribution < -0.4 is 5.32 Å². The second-order valence-corrected chi connectivity index (χ2v) is 3.74. The van der Waals surface area contributed by atoms with E-state index < -0.39 is 5.54 Å². The van der Waals surface area contributed by atoms with Crippen LogP contribution >= 0.6 is 0 Å². The molecule has 0 saturated carbocycles. The molecule has 0 atom stereocenters. The molecular weight excluding hydrogens is 192 g/mol. The molecule has 0 bridgehead atoms. The number of hydrogen-bond donors (Lipinski definition) is 3. The molecule has 0 saturated heterocycles. The van der Waals surface area contributed by atoms with Crippen LogP contribution in [0.5, 0.6) is 0 Å². The van der Waals surface area contributed by atoms with Gasteiger partial charge < -0.3 is 15.5 Å². The predicted molar refractivity (Wildman–Crippen MR) is 59.8 cm³/mol. The number of aryl methyl sites for hydroxylation is 1. The van der Waals surface area contributed by atoms with Gasteiger partial charge in [-0.2, -0.15) is 0 Å². The smallest absolute Gasteiger partial charge is 0.126 e. The van der Waals surface area contributed by atoms with Gasteiger partial charge in [-0.25, -0.2) is 4.98 Å². The number of aliphatic hydroxyl groups is 2. The molecular formula is C11H18N2O2. The largest absolute Gasteiger partial charge is 0.394 e. The number of nitrogens with zero attached hydrogens (tertiary/aromatic N) is 1. The van der Waals surface area contributed by atoms with Crippen molar-refractivity contribution in [1.29, 1.82) is 0 Å². The summed E-state index contributed by atoms with van der Waals surface area (Å²) in [6.07, 6.45) is 0.635. The molecule has 0 unspecified atom stereocenters. The van der Waals surface area contributed by atoms with Crippen molar-refractivity contribution in [3.63, 3.8) is 0 Å². The molecule has 0 radical (unpaired) electrons. The molecule has 0 amide bonds.